The molecule has 94 valence electrons. The Labute approximate surface area is 107 Å². The Morgan fingerprint density at radius 2 is 2.24 bits per heavy atom. The molecule has 2 rings (SSSR count). The van der Waals surface area contributed by atoms with E-state index >= 15 is 0 Å². The van der Waals surface area contributed by atoms with E-state index in [0.717, 1.165) is 31.6 Å². The van der Waals surface area contributed by atoms with Gasteiger partial charge in [-0.05, 0) is 33.1 Å². The van der Waals surface area contributed by atoms with Crippen LogP contribution in [0, 0.1) is 6.92 Å². The molecule has 0 saturated carbocycles. The third-order valence-corrected chi connectivity index (χ3v) is 3.39. The number of aryl methyl sites for hydroxylation is 1. The average Bonchev–Trinajstić information content (AvgIpc) is 2.27. The summed E-state index contributed by atoms with van der Waals surface area (Å²) in [6.45, 7) is 4.58. The molecule has 0 aliphatic carbocycles. The van der Waals surface area contributed by atoms with E-state index in [1.54, 1.807) is 6.07 Å². The van der Waals surface area contributed by atoms with Crippen molar-refractivity contribution >= 4 is 17.4 Å². The van der Waals surface area contributed by atoms with Crippen molar-refractivity contribution in [1.29, 1.82) is 0 Å². The summed E-state index contributed by atoms with van der Waals surface area (Å²) in [5, 5.41) is 10.3. The van der Waals surface area contributed by atoms with E-state index < -0.39 is 0 Å². The molecule has 2 heterocycles. The van der Waals surface area contributed by atoms with Gasteiger partial charge in [0.15, 0.2) is 0 Å². The molecule has 0 spiro atoms. The molecule has 1 aromatic heterocycles. The van der Waals surface area contributed by atoms with E-state index in [1.807, 2.05) is 13.8 Å². The van der Waals surface area contributed by atoms with Crippen LogP contribution in [0.4, 0.5) is 5.82 Å². The van der Waals surface area contributed by atoms with Gasteiger partial charge in [-0.15, -0.1) is 0 Å². The Morgan fingerprint density at radius 3 is 2.88 bits per heavy atom. The van der Waals surface area contributed by atoms with Gasteiger partial charge in [0.25, 0.3) is 0 Å². The summed E-state index contributed by atoms with van der Waals surface area (Å²) >= 11 is 5.96. The zero-order valence-corrected chi connectivity index (χ0v) is 11.0. The average molecular weight is 256 g/mol. The monoisotopic (exact) mass is 255 g/mol. The van der Waals surface area contributed by atoms with E-state index in [2.05, 4.69) is 14.9 Å². The topological polar surface area (TPSA) is 49.2 Å². The predicted molar refractivity (Wildman–Crippen MR) is 68.4 cm³/mol. The normalized spacial score (nSPS) is 22.6. The van der Waals surface area contributed by atoms with Crippen LogP contribution in [0.2, 0.25) is 5.15 Å². The van der Waals surface area contributed by atoms with Gasteiger partial charge >= 0.3 is 0 Å². The second-order valence-electron chi connectivity index (χ2n) is 4.59. The second kappa shape index (κ2) is 5.19. The number of aromatic nitrogens is 2. The SMILES string of the molecule is Cc1nc(Cl)cc(N2CCCC[C@@H]2[C@@H](C)O)n1. The number of piperidine rings is 1. The summed E-state index contributed by atoms with van der Waals surface area (Å²) in [6.07, 6.45) is 2.93. The molecule has 0 amide bonds. The first-order valence-electron chi connectivity index (χ1n) is 6.04. The number of halogens is 1. The molecule has 2 atom stereocenters. The summed E-state index contributed by atoms with van der Waals surface area (Å²) in [5.41, 5.74) is 0. The summed E-state index contributed by atoms with van der Waals surface area (Å²) in [5.74, 6) is 1.50. The molecular formula is C12H18ClN3O. The number of aliphatic hydroxyl groups excluding tert-OH is 1. The fourth-order valence-corrected chi connectivity index (χ4v) is 2.63. The van der Waals surface area contributed by atoms with Crippen molar-refractivity contribution in [2.45, 2.75) is 45.3 Å². The van der Waals surface area contributed by atoms with Crippen LogP contribution in [0.5, 0.6) is 0 Å². The van der Waals surface area contributed by atoms with Gasteiger partial charge < -0.3 is 10.0 Å². The van der Waals surface area contributed by atoms with Crippen LogP contribution >= 0.6 is 11.6 Å². The molecule has 5 heteroatoms. The molecule has 1 N–H and O–H groups in total. The highest BCUT2D eigenvalue weighted by atomic mass is 35.5. The van der Waals surface area contributed by atoms with E-state index in [-0.39, 0.29) is 12.1 Å². The Balaban J connectivity index is 2.29. The minimum atomic E-state index is -0.357. The van der Waals surface area contributed by atoms with E-state index in [0.29, 0.717) is 11.0 Å². The van der Waals surface area contributed by atoms with Crippen molar-refractivity contribution in [3.05, 3.63) is 17.0 Å². The molecule has 17 heavy (non-hydrogen) atoms. The van der Waals surface area contributed by atoms with Gasteiger partial charge in [0.05, 0.1) is 12.1 Å². The number of hydrogen-bond acceptors (Lipinski definition) is 4. The Morgan fingerprint density at radius 1 is 1.47 bits per heavy atom. The summed E-state index contributed by atoms with van der Waals surface area (Å²) in [6, 6.07) is 1.91. The molecule has 1 aromatic rings. The van der Waals surface area contributed by atoms with Gasteiger partial charge in [-0.1, -0.05) is 11.6 Å². The first kappa shape index (κ1) is 12.6. The highest BCUT2D eigenvalue weighted by Gasteiger charge is 2.27. The quantitative estimate of drug-likeness (QED) is 0.823. The van der Waals surface area contributed by atoms with Crippen LogP contribution in [0.25, 0.3) is 0 Å². The fraction of sp³-hybridized carbons (Fsp3) is 0.667. The van der Waals surface area contributed by atoms with Crippen molar-refractivity contribution in [3.63, 3.8) is 0 Å². The molecule has 0 aromatic carbocycles. The lowest BCUT2D eigenvalue weighted by Crippen LogP contribution is -2.46. The lowest BCUT2D eigenvalue weighted by molar-refractivity contribution is 0.145. The van der Waals surface area contributed by atoms with Crippen molar-refractivity contribution in [2.24, 2.45) is 0 Å². The maximum atomic E-state index is 9.83. The smallest absolute Gasteiger partial charge is 0.134 e. The van der Waals surface area contributed by atoms with Crippen LogP contribution in [0.15, 0.2) is 6.07 Å². The summed E-state index contributed by atoms with van der Waals surface area (Å²) < 4.78 is 0. The van der Waals surface area contributed by atoms with Crippen molar-refractivity contribution in [1.82, 2.24) is 9.97 Å². The van der Waals surface area contributed by atoms with Crippen molar-refractivity contribution in [2.75, 3.05) is 11.4 Å². The lowest BCUT2D eigenvalue weighted by Gasteiger charge is -2.38. The molecule has 0 unspecified atom stereocenters. The first-order valence-corrected chi connectivity index (χ1v) is 6.41. The minimum absolute atomic E-state index is 0.133. The first-order chi connectivity index (χ1) is 8.08. The van der Waals surface area contributed by atoms with Crippen LogP contribution in [0.3, 0.4) is 0 Å². The zero-order chi connectivity index (χ0) is 12.4. The molecule has 1 fully saturated rings. The lowest BCUT2D eigenvalue weighted by atomic mass is 9.98. The predicted octanol–water partition coefficient (Wildman–Crippen LogP) is 2.18. The van der Waals surface area contributed by atoms with Crippen LogP contribution < -0.4 is 4.90 Å². The zero-order valence-electron chi connectivity index (χ0n) is 10.2. The third kappa shape index (κ3) is 2.87. The number of anilines is 1. The van der Waals surface area contributed by atoms with Gasteiger partial charge in [-0.2, -0.15) is 0 Å². The fourth-order valence-electron chi connectivity index (χ4n) is 2.41. The molecule has 1 saturated heterocycles. The maximum Gasteiger partial charge on any atom is 0.134 e. The molecule has 4 nitrogen and oxygen atoms in total. The molecule has 1 aliphatic heterocycles. The van der Waals surface area contributed by atoms with Crippen molar-refractivity contribution in [3.8, 4) is 0 Å². The van der Waals surface area contributed by atoms with Crippen molar-refractivity contribution < 1.29 is 5.11 Å². The minimum Gasteiger partial charge on any atom is -0.391 e. The largest absolute Gasteiger partial charge is 0.391 e. The number of aliphatic hydroxyl groups is 1. The second-order valence-corrected chi connectivity index (χ2v) is 4.98. The van der Waals surface area contributed by atoms with Crippen LogP contribution in [-0.2, 0) is 0 Å². The summed E-state index contributed by atoms with van der Waals surface area (Å²) in [7, 11) is 0. The highest BCUT2D eigenvalue weighted by Crippen LogP contribution is 2.26. The molecule has 0 bridgehead atoms. The number of rotatable bonds is 2. The van der Waals surface area contributed by atoms with Crippen LogP contribution in [0.1, 0.15) is 32.0 Å². The highest BCUT2D eigenvalue weighted by molar-refractivity contribution is 6.29. The Bertz CT molecular complexity index is 377. The standard InChI is InChI=1S/C12H18ClN3O/c1-8(17)10-5-3-4-6-16(10)12-7-11(13)14-9(2)15-12/h7-8,10,17H,3-6H2,1-2H3/t8-,10-/m1/s1. The molecule has 0 radical (unpaired) electrons. The molecular weight excluding hydrogens is 238 g/mol. The van der Waals surface area contributed by atoms with Gasteiger partial charge in [0.1, 0.15) is 16.8 Å². The maximum absolute atomic E-state index is 9.83. The van der Waals surface area contributed by atoms with Gasteiger partial charge in [0.2, 0.25) is 0 Å². The van der Waals surface area contributed by atoms with Crippen LogP contribution in [-0.4, -0.2) is 33.8 Å². The third-order valence-electron chi connectivity index (χ3n) is 3.19. The number of hydrogen-bond donors (Lipinski definition) is 1. The van der Waals surface area contributed by atoms with E-state index in [4.69, 9.17) is 11.6 Å². The summed E-state index contributed by atoms with van der Waals surface area (Å²) in [4.78, 5) is 10.6. The Kier molecular flexibility index (Phi) is 3.84. The van der Waals surface area contributed by atoms with Gasteiger partial charge in [-0.25, -0.2) is 9.97 Å². The van der Waals surface area contributed by atoms with Gasteiger partial charge in [0, 0.05) is 12.6 Å². The molecule has 1 aliphatic rings. The Hall–Kier alpha value is -0.870. The van der Waals surface area contributed by atoms with E-state index in [9.17, 15) is 5.11 Å². The number of nitrogens with zero attached hydrogens (tertiary/aromatic N) is 3. The van der Waals surface area contributed by atoms with E-state index in [1.165, 1.54) is 0 Å². The van der Waals surface area contributed by atoms with Gasteiger partial charge in [-0.3, -0.25) is 0 Å².